The van der Waals surface area contributed by atoms with Crippen LogP contribution in [0.3, 0.4) is 0 Å². The number of urea groups is 1. The van der Waals surface area contributed by atoms with Gasteiger partial charge in [-0.15, -0.1) is 11.3 Å². The van der Waals surface area contributed by atoms with Gasteiger partial charge in [-0.3, -0.25) is 0 Å². The standard InChI is InChI=1S/C15H16ClN3OS/c16-11-1-3-12(4-2-11)18-15(20)19(13-5-6-13)9-7-14-17-8-10-21-14/h1-4,8,10,13H,5-7,9H2,(H,18,20). The molecule has 0 unspecified atom stereocenters. The van der Waals surface area contributed by atoms with Gasteiger partial charge in [0.05, 0.1) is 5.01 Å². The van der Waals surface area contributed by atoms with Crippen molar-refractivity contribution in [3.05, 3.63) is 45.9 Å². The van der Waals surface area contributed by atoms with Gasteiger partial charge in [0, 0.05) is 41.3 Å². The van der Waals surface area contributed by atoms with Crippen LogP contribution in [0, 0.1) is 0 Å². The predicted molar refractivity (Wildman–Crippen MR) is 86.0 cm³/mol. The van der Waals surface area contributed by atoms with Crippen LogP contribution in [0.2, 0.25) is 5.02 Å². The summed E-state index contributed by atoms with van der Waals surface area (Å²) in [7, 11) is 0. The molecule has 0 bridgehead atoms. The van der Waals surface area contributed by atoms with Gasteiger partial charge < -0.3 is 10.2 Å². The Kier molecular flexibility index (Phi) is 4.41. The molecule has 1 aliphatic rings. The molecular formula is C15H16ClN3OS. The van der Waals surface area contributed by atoms with E-state index in [1.165, 1.54) is 0 Å². The molecule has 1 heterocycles. The molecule has 1 fully saturated rings. The van der Waals surface area contributed by atoms with Crippen molar-refractivity contribution in [3.63, 3.8) is 0 Å². The SMILES string of the molecule is O=C(Nc1ccc(Cl)cc1)N(CCc1nccs1)C1CC1. The molecule has 21 heavy (non-hydrogen) atoms. The Hall–Kier alpha value is -1.59. The number of halogens is 1. The third-order valence-corrected chi connectivity index (χ3v) is 4.49. The first kappa shape index (κ1) is 14.4. The van der Waals surface area contributed by atoms with Crippen molar-refractivity contribution in [2.75, 3.05) is 11.9 Å². The highest BCUT2D eigenvalue weighted by atomic mass is 35.5. The molecule has 0 saturated heterocycles. The summed E-state index contributed by atoms with van der Waals surface area (Å²) in [6.45, 7) is 0.706. The number of hydrogen-bond donors (Lipinski definition) is 1. The Morgan fingerprint density at radius 3 is 2.76 bits per heavy atom. The Balaban J connectivity index is 1.60. The lowest BCUT2D eigenvalue weighted by Gasteiger charge is -2.22. The molecule has 1 aromatic heterocycles. The minimum Gasteiger partial charge on any atom is -0.321 e. The number of amides is 2. The van der Waals surface area contributed by atoms with Gasteiger partial charge in [-0.2, -0.15) is 0 Å². The molecule has 1 aliphatic carbocycles. The molecule has 4 nitrogen and oxygen atoms in total. The van der Waals surface area contributed by atoms with Crippen LogP contribution >= 0.6 is 22.9 Å². The van der Waals surface area contributed by atoms with Crippen molar-refractivity contribution in [2.24, 2.45) is 0 Å². The van der Waals surface area contributed by atoms with Gasteiger partial charge in [-0.25, -0.2) is 9.78 Å². The number of rotatable bonds is 5. The molecule has 3 rings (SSSR count). The molecule has 1 saturated carbocycles. The average molecular weight is 322 g/mol. The quantitative estimate of drug-likeness (QED) is 0.903. The smallest absolute Gasteiger partial charge is 0.321 e. The van der Waals surface area contributed by atoms with Crippen molar-refractivity contribution in [2.45, 2.75) is 25.3 Å². The van der Waals surface area contributed by atoms with Gasteiger partial charge >= 0.3 is 6.03 Å². The molecule has 0 radical (unpaired) electrons. The maximum Gasteiger partial charge on any atom is 0.322 e. The van der Waals surface area contributed by atoms with E-state index in [9.17, 15) is 4.79 Å². The summed E-state index contributed by atoms with van der Waals surface area (Å²) >= 11 is 7.48. The normalized spacial score (nSPS) is 14.0. The highest BCUT2D eigenvalue weighted by Gasteiger charge is 2.32. The zero-order valence-electron chi connectivity index (χ0n) is 11.5. The molecule has 0 aliphatic heterocycles. The molecule has 1 aromatic carbocycles. The number of nitrogens with zero attached hydrogens (tertiary/aromatic N) is 2. The summed E-state index contributed by atoms with van der Waals surface area (Å²) in [4.78, 5) is 18.6. The predicted octanol–water partition coefficient (Wildman–Crippen LogP) is 4.04. The van der Waals surface area contributed by atoms with Gasteiger partial charge in [-0.05, 0) is 37.1 Å². The summed E-state index contributed by atoms with van der Waals surface area (Å²) in [5.74, 6) is 0. The van der Waals surface area contributed by atoms with Crippen LogP contribution in [0.25, 0.3) is 0 Å². The number of thiazole rings is 1. The lowest BCUT2D eigenvalue weighted by atomic mass is 10.3. The minimum absolute atomic E-state index is 0.0450. The maximum atomic E-state index is 12.4. The second kappa shape index (κ2) is 6.45. The average Bonchev–Trinajstić information content (AvgIpc) is 3.17. The summed E-state index contributed by atoms with van der Waals surface area (Å²) in [6, 6.07) is 7.49. The first-order chi connectivity index (χ1) is 10.2. The number of nitrogens with one attached hydrogen (secondary N) is 1. The van der Waals surface area contributed by atoms with E-state index in [1.54, 1.807) is 29.7 Å². The van der Waals surface area contributed by atoms with Gasteiger partial charge in [0.25, 0.3) is 0 Å². The molecular weight excluding hydrogens is 306 g/mol. The van der Waals surface area contributed by atoms with E-state index < -0.39 is 0 Å². The third kappa shape index (κ3) is 3.95. The van der Waals surface area contributed by atoms with Crippen molar-refractivity contribution >= 4 is 34.7 Å². The van der Waals surface area contributed by atoms with E-state index in [2.05, 4.69) is 10.3 Å². The Bertz CT molecular complexity index is 596. The molecule has 2 amide bonds. The third-order valence-electron chi connectivity index (χ3n) is 3.39. The van der Waals surface area contributed by atoms with E-state index in [-0.39, 0.29) is 6.03 Å². The Labute approximate surface area is 132 Å². The molecule has 110 valence electrons. The number of anilines is 1. The van der Waals surface area contributed by atoms with Crippen molar-refractivity contribution in [1.82, 2.24) is 9.88 Å². The summed E-state index contributed by atoms with van der Waals surface area (Å²) in [5.41, 5.74) is 0.768. The first-order valence-electron chi connectivity index (χ1n) is 6.94. The van der Waals surface area contributed by atoms with E-state index in [0.29, 0.717) is 17.6 Å². The zero-order chi connectivity index (χ0) is 14.7. The summed E-state index contributed by atoms with van der Waals surface area (Å²) in [6.07, 6.45) is 4.79. The van der Waals surface area contributed by atoms with Crippen molar-refractivity contribution < 1.29 is 4.79 Å². The van der Waals surface area contributed by atoms with Crippen LogP contribution < -0.4 is 5.32 Å². The van der Waals surface area contributed by atoms with Crippen LogP contribution in [0.4, 0.5) is 10.5 Å². The fraction of sp³-hybridized carbons (Fsp3) is 0.333. The van der Waals surface area contributed by atoms with Crippen LogP contribution in [-0.2, 0) is 6.42 Å². The Morgan fingerprint density at radius 1 is 1.38 bits per heavy atom. The minimum atomic E-state index is -0.0450. The fourth-order valence-corrected chi connectivity index (χ4v) is 2.89. The lowest BCUT2D eigenvalue weighted by molar-refractivity contribution is 0.209. The monoisotopic (exact) mass is 321 g/mol. The molecule has 2 aromatic rings. The largest absolute Gasteiger partial charge is 0.322 e. The number of hydrogen-bond acceptors (Lipinski definition) is 3. The van der Waals surface area contributed by atoms with Gasteiger partial charge in [0.2, 0.25) is 0 Å². The maximum absolute atomic E-state index is 12.4. The second-order valence-corrected chi connectivity index (χ2v) is 6.45. The highest BCUT2D eigenvalue weighted by Crippen LogP contribution is 2.28. The summed E-state index contributed by atoms with van der Waals surface area (Å²) in [5, 5.41) is 6.63. The molecule has 6 heteroatoms. The van der Waals surface area contributed by atoms with E-state index in [0.717, 1.165) is 30.0 Å². The van der Waals surface area contributed by atoms with Gasteiger partial charge in [-0.1, -0.05) is 11.6 Å². The van der Waals surface area contributed by atoms with Crippen LogP contribution in [0.5, 0.6) is 0 Å². The zero-order valence-corrected chi connectivity index (χ0v) is 13.0. The number of carbonyl (C=O) groups is 1. The second-order valence-electron chi connectivity index (χ2n) is 5.04. The number of aromatic nitrogens is 1. The van der Waals surface area contributed by atoms with Crippen LogP contribution in [0.1, 0.15) is 17.8 Å². The molecule has 0 spiro atoms. The van der Waals surface area contributed by atoms with Gasteiger partial charge in [0.1, 0.15) is 0 Å². The topological polar surface area (TPSA) is 45.2 Å². The first-order valence-corrected chi connectivity index (χ1v) is 8.20. The van der Waals surface area contributed by atoms with Gasteiger partial charge in [0.15, 0.2) is 0 Å². The Morgan fingerprint density at radius 2 is 2.14 bits per heavy atom. The fourth-order valence-electron chi connectivity index (χ4n) is 2.16. The van der Waals surface area contributed by atoms with Crippen molar-refractivity contribution in [1.29, 1.82) is 0 Å². The van der Waals surface area contributed by atoms with E-state index in [1.807, 2.05) is 22.4 Å². The van der Waals surface area contributed by atoms with Crippen molar-refractivity contribution in [3.8, 4) is 0 Å². The number of benzene rings is 1. The van der Waals surface area contributed by atoms with E-state index in [4.69, 9.17) is 11.6 Å². The summed E-state index contributed by atoms with van der Waals surface area (Å²) < 4.78 is 0. The highest BCUT2D eigenvalue weighted by molar-refractivity contribution is 7.09. The molecule has 0 atom stereocenters. The van der Waals surface area contributed by atoms with Crippen LogP contribution in [-0.4, -0.2) is 28.5 Å². The van der Waals surface area contributed by atoms with E-state index >= 15 is 0 Å². The van der Waals surface area contributed by atoms with Crippen LogP contribution in [0.15, 0.2) is 35.8 Å². The lowest BCUT2D eigenvalue weighted by Crippen LogP contribution is -2.38. The molecule has 1 N–H and O–H groups in total. The number of carbonyl (C=O) groups excluding carboxylic acids is 1.